The Bertz CT molecular complexity index is 360. The maximum Gasteiger partial charge on any atom is 0.143 e. The molecule has 0 amide bonds. The zero-order valence-corrected chi connectivity index (χ0v) is 9.51. The Morgan fingerprint density at radius 3 is 2.71 bits per heavy atom. The van der Waals surface area contributed by atoms with Gasteiger partial charge in [0.05, 0.1) is 10.6 Å². The minimum Gasteiger partial charge on any atom is -0.388 e. The van der Waals surface area contributed by atoms with E-state index in [1.54, 1.807) is 18.2 Å². The highest BCUT2D eigenvalue weighted by Crippen LogP contribution is 2.54. The summed E-state index contributed by atoms with van der Waals surface area (Å²) < 4.78 is 14.0. The molecule has 0 saturated heterocycles. The Balaban J connectivity index is 2.36. The highest BCUT2D eigenvalue weighted by Gasteiger charge is 2.45. The van der Waals surface area contributed by atoms with Crippen LogP contribution in [0.2, 0.25) is 0 Å². The molecule has 14 heavy (non-hydrogen) atoms. The number of aliphatic hydroxyl groups is 1. The molecule has 1 N–H and O–H groups in total. The van der Waals surface area contributed by atoms with Crippen molar-refractivity contribution in [3.8, 4) is 0 Å². The standard InChI is InChI=1S/C11H12BrFO/c1-11(5-6-11)10(14)7-3-2-4-8(12)9(7)13/h2-4,10,14H,5-6H2,1H3. The molecule has 0 spiro atoms. The van der Waals surface area contributed by atoms with Gasteiger partial charge in [0, 0.05) is 5.56 Å². The minimum atomic E-state index is -0.681. The lowest BCUT2D eigenvalue weighted by atomic mass is 9.94. The number of halogens is 2. The van der Waals surface area contributed by atoms with Gasteiger partial charge in [-0.2, -0.15) is 0 Å². The quantitative estimate of drug-likeness (QED) is 0.862. The fourth-order valence-electron chi connectivity index (χ4n) is 1.58. The molecule has 1 aromatic carbocycles. The first-order valence-electron chi connectivity index (χ1n) is 4.66. The van der Waals surface area contributed by atoms with Gasteiger partial charge in [-0.1, -0.05) is 19.1 Å². The van der Waals surface area contributed by atoms with Crippen LogP contribution < -0.4 is 0 Å². The Labute approximate surface area is 91.1 Å². The average molecular weight is 259 g/mol. The highest BCUT2D eigenvalue weighted by molar-refractivity contribution is 9.10. The second kappa shape index (κ2) is 3.31. The lowest BCUT2D eigenvalue weighted by molar-refractivity contribution is 0.0996. The van der Waals surface area contributed by atoms with E-state index < -0.39 is 6.10 Å². The van der Waals surface area contributed by atoms with Crippen LogP contribution in [0.4, 0.5) is 4.39 Å². The van der Waals surface area contributed by atoms with Crippen molar-refractivity contribution in [2.45, 2.75) is 25.9 Å². The molecule has 1 aliphatic carbocycles. The normalized spacial score (nSPS) is 20.6. The third-order valence-electron chi connectivity index (χ3n) is 2.97. The van der Waals surface area contributed by atoms with Gasteiger partial charge >= 0.3 is 0 Å². The molecule has 0 heterocycles. The predicted octanol–water partition coefficient (Wildman–Crippen LogP) is 3.42. The van der Waals surface area contributed by atoms with Crippen LogP contribution in [-0.2, 0) is 0 Å². The summed E-state index contributed by atoms with van der Waals surface area (Å²) in [6.45, 7) is 1.98. The first kappa shape index (κ1) is 10.1. The minimum absolute atomic E-state index is 0.109. The Morgan fingerprint density at radius 2 is 2.14 bits per heavy atom. The molecule has 1 fully saturated rings. The van der Waals surface area contributed by atoms with Gasteiger partial charge in [0.2, 0.25) is 0 Å². The van der Waals surface area contributed by atoms with E-state index in [1.807, 2.05) is 6.92 Å². The molecule has 0 aromatic heterocycles. The molecule has 76 valence electrons. The van der Waals surface area contributed by atoms with Crippen molar-refractivity contribution in [3.05, 3.63) is 34.1 Å². The fourth-order valence-corrected chi connectivity index (χ4v) is 1.96. The van der Waals surface area contributed by atoms with Gasteiger partial charge in [-0.15, -0.1) is 0 Å². The SMILES string of the molecule is CC1(C(O)c2cccc(Br)c2F)CC1. The summed E-state index contributed by atoms with van der Waals surface area (Å²) in [4.78, 5) is 0. The van der Waals surface area contributed by atoms with Crippen molar-refractivity contribution in [3.63, 3.8) is 0 Å². The van der Waals surface area contributed by atoms with E-state index >= 15 is 0 Å². The maximum atomic E-state index is 13.6. The molecule has 1 atom stereocenters. The molecule has 0 bridgehead atoms. The second-order valence-corrected chi connectivity index (χ2v) is 5.05. The van der Waals surface area contributed by atoms with Gasteiger partial charge in [-0.05, 0) is 40.3 Å². The van der Waals surface area contributed by atoms with Crippen LogP contribution >= 0.6 is 15.9 Å². The second-order valence-electron chi connectivity index (χ2n) is 4.20. The van der Waals surface area contributed by atoms with Gasteiger partial charge in [0.25, 0.3) is 0 Å². The van der Waals surface area contributed by atoms with E-state index in [-0.39, 0.29) is 11.2 Å². The monoisotopic (exact) mass is 258 g/mol. The van der Waals surface area contributed by atoms with Gasteiger partial charge in [0.1, 0.15) is 5.82 Å². The van der Waals surface area contributed by atoms with E-state index in [2.05, 4.69) is 15.9 Å². The van der Waals surface area contributed by atoms with Crippen LogP contribution in [0.5, 0.6) is 0 Å². The van der Waals surface area contributed by atoms with Crippen LogP contribution in [0.1, 0.15) is 31.4 Å². The van der Waals surface area contributed by atoms with Crippen molar-refractivity contribution in [2.75, 3.05) is 0 Å². The first-order valence-corrected chi connectivity index (χ1v) is 5.46. The van der Waals surface area contributed by atoms with Crippen LogP contribution in [0.25, 0.3) is 0 Å². The maximum absolute atomic E-state index is 13.6. The highest BCUT2D eigenvalue weighted by atomic mass is 79.9. The van der Waals surface area contributed by atoms with Crippen LogP contribution in [0, 0.1) is 11.2 Å². The van der Waals surface area contributed by atoms with Gasteiger partial charge in [0.15, 0.2) is 0 Å². The van der Waals surface area contributed by atoms with Crippen LogP contribution in [-0.4, -0.2) is 5.11 Å². The molecule has 1 nitrogen and oxygen atoms in total. The van der Waals surface area contributed by atoms with Gasteiger partial charge in [-0.3, -0.25) is 0 Å². The van der Waals surface area contributed by atoms with Crippen molar-refractivity contribution >= 4 is 15.9 Å². The van der Waals surface area contributed by atoms with Crippen molar-refractivity contribution in [2.24, 2.45) is 5.41 Å². The summed E-state index contributed by atoms with van der Waals surface area (Å²) in [6.07, 6.45) is 1.26. The summed E-state index contributed by atoms with van der Waals surface area (Å²) in [5.41, 5.74) is 0.293. The lowest BCUT2D eigenvalue weighted by Crippen LogP contribution is -2.11. The van der Waals surface area contributed by atoms with E-state index in [4.69, 9.17) is 0 Å². The number of aliphatic hydroxyl groups excluding tert-OH is 1. The molecule has 2 rings (SSSR count). The number of hydrogen-bond acceptors (Lipinski definition) is 1. The largest absolute Gasteiger partial charge is 0.388 e. The summed E-state index contributed by atoms with van der Waals surface area (Å²) in [5, 5.41) is 9.96. The molecule has 1 aliphatic rings. The fraction of sp³-hybridized carbons (Fsp3) is 0.455. The molecule has 0 aliphatic heterocycles. The third kappa shape index (κ3) is 1.59. The number of rotatable bonds is 2. The molecule has 3 heteroatoms. The van der Waals surface area contributed by atoms with Gasteiger partial charge in [-0.25, -0.2) is 4.39 Å². The van der Waals surface area contributed by atoms with E-state index in [1.165, 1.54) is 0 Å². The lowest BCUT2D eigenvalue weighted by Gasteiger charge is -2.18. The topological polar surface area (TPSA) is 20.2 Å². The number of hydrogen-bond donors (Lipinski definition) is 1. The molecule has 1 aromatic rings. The van der Waals surface area contributed by atoms with Crippen LogP contribution in [0.3, 0.4) is 0 Å². The summed E-state index contributed by atoms with van der Waals surface area (Å²) >= 11 is 3.12. The van der Waals surface area contributed by atoms with E-state index in [0.717, 1.165) is 12.8 Å². The Morgan fingerprint density at radius 1 is 1.50 bits per heavy atom. The summed E-state index contributed by atoms with van der Waals surface area (Å²) in [5.74, 6) is -0.340. The first-order chi connectivity index (χ1) is 6.54. The third-order valence-corrected chi connectivity index (χ3v) is 3.59. The van der Waals surface area contributed by atoms with Crippen molar-refractivity contribution < 1.29 is 9.50 Å². The van der Waals surface area contributed by atoms with Crippen molar-refractivity contribution in [1.29, 1.82) is 0 Å². The molecule has 0 radical (unpaired) electrons. The number of benzene rings is 1. The summed E-state index contributed by atoms with van der Waals surface area (Å²) in [6, 6.07) is 5.03. The zero-order chi connectivity index (χ0) is 10.3. The Hall–Kier alpha value is -0.410. The van der Waals surface area contributed by atoms with Crippen LogP contribution in [0.15, 0.2) is 22.7 Å². The molecular formula is C11H12BrFO. The molecular weight excluding hydrogens is 247 g/mol. The van der Waals surface area contributed by atoms with E-state index in [9.17, 15) is 9.50 Å². The Kier molecular flexibility index (Phi) is 2.40. The van der Waals surface area contributed by atoms with Gasteiger partial charge < -0.3 is 5.11 Å². The summed E-state index contributed by atoms with van der Waals surface area (Å²) in [7, 11) is 0. The average Bonchev–Trinajstić information content (AvgIpc) is 2.89. The predicted molar refractivity (Wildman–Crippen MR) is 56.4 cm³/mol. The smallest absolute Gasteiger partial charge is 0.143 e. The molecule has 1 saturated carbocycles. The molecule has 1 unspecified atom stereocenters. The van der Waals surface area contributed by atoms with Crippen molar-refractivity contribution in [1.82, 2.24) is 0 Å². The zero-order valence-electron chi connectivity index (χ0n) is 7.93. The van der Waals surface area contributed by atoms with E-state index in [0.29, 0.717) is 10.0 Å².